The first-order chi connectivity index (χ1) is 9.29. The third-order valence-corrected chi connectivity index (χ3v) is 2.67. The summed E-state index contributed by atoms with van der Waals surface area (Å²) in [5, 5.41) is 8.82. The third-order valence-electron chi connectivity index (χ3n) is 2.67. The molecule has 0 heterocycles. The SMILES string of the molecule is NCc1ccc(N(CCO)CC(F)F)c(C(F)(F)F)c1. The second-order valence-corrected chi connectivity index (χ2v) is 4.11. The molecule has 1 rings (SSSR count). The zero-order valence-electron chi connectivity index (χ0n) is 10.5. The molecule has 0 atom stereocenters. The molecule has 0 radical (unpaired) electrons. The van der Waals surface area contributed by atoms with Crippen LogP contribution in [-0.4, -0.2) is 31.2 Å². The van der Waals surface area contributed by atoms with Crippen molar-refractivity contribution in [3.8, 4) is 0 Å². The minimum absolute atomic E-state index is 0.0851. The van der Waals surface area contributed by atoms with Crippen molar-refractivity contribution in [1.29, 1.82) is 0 Å². The van der Waals surface area contributed by atoms with Crippen LogP contribution in [0.4, 0.5) is 27.6 Å². The number of alkyl halides is 5. The van der Waals surface area contributed by atoms with Crippen molar-refractivity contribution in [1.82, 2.24) is 0 Å². The molecule has 0 unspecified atom stereocenters. The van der Waals surface area contributed by atoms with Gasteiger partial charge in [0, 0.05) is 18.8 Å². The molecule has 0 spiro atoms. The predicted molar refractivity (Wildman–Crippen MR) is 64.6 cm³/mol. The summed E-state index contributed by atoms with van der Waals surface area (Å²) >= 11 is 0. The monoisotopic (exact) mass is 298 g/mol. The van der Waals surface area contributed by atoms with Gasteiger partial charge < -0.3 is 15.7 Å². The smallest absolute Gasteiger partial charge is 0.395 e. The largest absolute Gasteiger partial charge is 0.418 e. The molecule has 0 saturated carbocycles. The van der Waals surface area contributed by atoms with E-state index in [1.54, 1.807) is 0 Å². The summed E-state index contributed by atoms with van der Waals surface area (Å²) < 4.78 is 63.8. The van der Waals surface area contributed by atoms with Crippen molar-refractivity contribution < 1.29 is 27.1 Å². The fraction of sp³-hybridized carbons (Fsp3) is 0.500. The van der Waals surface area contributed by atoms with E-state index >= 15 is 0 Å². The van der Waals surface area contributed by atoms with E-state index in [9.17, 15) is 22.0 Å². The molecule has 1 aromatic carbocycles. The first-order valence-corrected chi connectivity index (χ1v) is 5.83. The highest BCUT2D eigenvalue weighted by molar-refractivity contribution is 5.56. The number of hydrogen-bond donors (Lipinski definition) is 2. The quantitative estimate of drug-likeness (QED) is 0.792. The van der Waals surface area contributed by atoms with Crippen LogP contribution in [0.2, 0.25) is 0 Å². The molecule has 0 saturated heterocycles. The van der Waals surface area contributed by atoms with E-state index in [-0.39, 0.29) is 24.3 Å². The highest BCUT2D eigenvalue weighted by Crippen LogP contribution is 2.37. The van der Waals surface area contributed by atoms with Crippen LogP contribution < -0.4 is 10.6 Å². The van der Waals surface area contributed by atoms with E-state index in [2.05, 4.69) is 0 Å². The van der Waals surface area contributed by atoms with E-state index in [0.29, 0.717) is 0 Å². The Labute approximate surface area is 112 Å². The van der Waals surface area contributed by atoms with Gasteiger partial charge in [0.2, 0.25) is 0 Å². The molecule has 0 aliphatic carbocycles. The van der Waals surface area contributed by atoms with Gasteiger partial charge in [0.05, 0.1) is 18.7 Å². The summed E-state index contributed by atoms with van der Waals surface area (Å²) in [6.45, 7) is -1.80. The topological polar surface area (TPSA) is 49.5 Å². The molecular formula is C12H15F5N2O. The molecule has 0 amide bonds. The minimum Gasteiger partial charge on any atom is -0.395 e. The van der Waals surface area contributed by atoms with E-state index in [0.717, 1.165) is 17.0 Å². The van der Waals surface area contributed by atoms with Crippen molar-refractivity contribution in [2.45, 2.75) is 19.1 Å². The van der Waals surface area contributed by atoms with Gasteiger partial charge in [0.15, 0.2) is 0 Å². The van der Waals surface area contributed by atoms with Crippen molar-refractivity contribution in [3.63, 3.8) is 0 Å². The van der Waals surface area contributed by atoms with Gasteiger partial charge in [0.1, 0.15) is 0 Å². The Bertz CT molecular complexity index is 436. The lowest BCUT2D eigenvalue weighted by atomic mass is 10.1. The van der Waals surface area contributed by atoms with Gasteiger partial charge in [-0.3, -0.25) is 0 Å². The van der Waals surface area contributed by atoms with Gasteiger partial charge in [0.25, 0.3) is 6.43 Å². The summed E-state index contributed by atoms with van der Waals surface area (Å²) in [6.07, 6.45) is -7.49. The number of benzene rings is 1. The zero-order valence-corrected chi connectivity index (χ0v) is 10.5. The Kier molecular flexibility index (Phi) is 5.70. The Morgan fingerprint density at radius 1 is 1.25 bits per heavy atom. The molecule has 20 heavy (non-hydrogen) atoms. The molecule has 0 aromatic heterocycles. The number of aliphatic hydroxyl groups is 1. The lowest BCUT2D eigenvalue weighted by molar-refractivity contribution is -0.137. The zero-order chi connectivity index (χ0) is 15.3. The predicted octanol–water partition coefficient (Wildman–Crippen LogP) is 2.23. The third kappa shape index (κ3) is 4.31. The van der Waals surface area contributed by atoms with Crippen molar-refractivity contribution in [3.05, 3.63) is 29.3 Å². The second kappa shape index (κ2) is 6.85. The Balaban J connectivity index is 3.25. The molecular weight excluding hydrogens is 283 g/mol. The van der Waals surface area contributed by atoms with Crippen molar-refractivity contribution >= 4 is 5.69 Å². The van der Waals surface area contributed by atoms with Crippen molar-refractivity contribution in [2.75, 3.05) is 24.6 Å². The first kappa shape index (κ1) is 16.6. The van der Waals surface area contributed by atoms with Crippen LogP contribution in [0.1, 0.15) is 11.1 Å². The number of anilines is 1. The molecule has 0 fully saturated rings. The summed E-state index contributed by atoms with van der Waals surface area (Å²) in [4.78, 5) is 0.813. The molecule has 0 aliphatic heterocycles. The molecule has 3 N–H and O–H groups in total. The van der Waals surface area contributed by atoms with Crippen LogP contribution in [0.25, 0.3) is 0 Å². The lowest BCUT2D eigenvalue weighted by Crippen LogP contribution is -2.33. The normalized spacial score (nSPS) is 12.0. The Morgan fingerprint density at radius 2 is 1.90 bits per heavy atom. The molecule has 0 bridgehead atoms. The summed E-state index contributed by atoms with van der Waals surface area (Å²) in [5.41, 5.74) is 4.12. The maximum absolute atomic E-state index is 13.0. The van der Waals surface area contributed by atoms with Gasteiger partial charge in [-0.15, -0.1) is 0 Å². The highest BCUT2D eigenvalue weighted by atomic mass is 19.4. The van der Waals surface area contributed by atoms with Crippen LogP contribution in [0.5, 0.6) is 0 Å². The maximum Gasteiger partial charge on any atom is 0.418 e. The second-order valence-electron chi connectivity index (χ2n) is 4.11. The van der Waals surface area contributed by atoms with E-state index in [1.165, 1.54) is 6.07 Å². The van der Waals surface area contributed by atoms with Crippen LogP contribution in [0.15, 0.2) is 18.2 Å². The standard InChI is InChI=1S/C12H15F5N2O/c13-11(14)7-19(3-4-20)10-2-1-8(6-18)5-9(10)12(15,16)17/h1-2,5,11,20H,3-4,6-7,18H2. The summed E-state index contributed by atoms with van der Waals surface area (Å²) in [5.74, 6) is 0. The number of rotatable bonds is 6. The molecule has 1 aromatic rings. The van der Waals surface area contributed by atoms with Crippen LogP contribution in [0, 0.1) is 0 Å². The first-order valence-electron chi connectivity index (χ1n) is 5.83. The average Bonchev–Trinajstić information content (AvgIpc) is 2.36. The van der Waals surface area contributed by atoms with Gasteiger partial charge in [-0.05, 0) is 17.7 Å². The van der Waals surface area contributed by atoms with Gasteiger partial charge in [-0.25, -0.2) is 8.78 Å². The maximum atomic E-state index is 13.0. The Morgan fingerprint density at radius 3 is 2.35 bits per heavy atom. The van der Waals surface area contributed by atoms with Crippen molar-refractivity contribution in [2.24, 2.45) is 5.73 Å². The van der Waals surface area contributed by atoms with Gasteiger partial charge in [-0.1, -0.05) is 6.07 Å². The number of nitrogens with zero attached hydrogens (tertiary/aromatic N) is 1. The van der Waals surface area contributed by atoms with E-state index in [1.807, 2.05) is 0 Å². The Hall–Kier alpha value is -1.41. The summed E-state index contributed by atoms with van der Waals surface area (Å²) in [6, 6.07) is 3.29. The van der Waals surface area contributed by atoms with Gasteiger partial charge in [-0.2, -0.15) is 13.2 Å². The molecule has 8 heteroatoms. The van der Waals surface area contributed by atoms with Crippen LogP contribution >= 0.6 is 0 Å². The lowest BCUT2D eigenvalue weighted by Gasteiger charge is -2.27. The number of nitrogens with two attached hydrogens (primary N) is 1. The minimum atomic E-state index is -4.68. The fourth-order valence-electron chi connectivity index (χ4n) is 1.81. The van der Waals surface area contributed by atoms with Crippen LogP contribution in [-0.2, 0) is 12.7 Å². The van der Waals surface area contributed by atoms with Gasteiger partial charge >= 0.3 is 6.18 Å². The number of aliphatic hydroxyl groups excluding tert-OH is 1. The van der Waals surface area contributed by atoms with E-state index < -0.39 is 31.3 Å². The fourth-order valence-corrected chi connectivity index (χ4v) is 1.81. The number of hydrogen-bond acceptors (Lipinski definition) is 3. The molecule has 114 valence electrons. The number of halogens is 5. The van der Waals surface area contributed by atoms with Crippen LogP contribution in [0.3, 0.4) is 0 Å². The van der Waals surface area contributed by atoms with E-state index in [4.69, 9.17) is 10.8 Å². The highest BCUT2D eigenvalue weighted by Gasteiger charge is 2.35. The molecule has 3 nitrogen and oxygen atoms in total. The average molecular weight is 298 g/mol. The summed E-state index contributed by atoms with van der Waals surface area (Å²) in [7, 11) is 0. The molecule has 0 aliphatic rings.